The van der Waals surface area contributed by atoms with Crippen LogP contribution in [0.4, 0.5) is 0 Å². The number of nitrogens with zero attached hydrogens (tertiary/aromatic N) is 2. The summed E-state index contributed by atoms with van der Waals surface area (Å²) in [7, 11) is 0. The predicted octanol–water partition coefficient (Wildman–Crippen LogP) is 0.0774. The van der Waals surface area contributed by atoms with Crippen molar-refractivity contribution < 1.29 is 28.8 Å². The van der Waals surface area contributed by atoms with Crippen molar-refractivity contribution in [2.24, 2.45) is 5.92 Å². The molecule has 8 nitrogen and oxygen atoms in total. The lowest BCUT2D eigenvalue weighted by molar-refractivity contribution is -0.201. The summed E-state index contributed by atoms with van der Waals surface area (Å²) in [6.45, 7) is 0. The van der Waals surface area contributed by atoms with Crippen LogP contribution in [0.15, 0.2) is 12.2 Å². The highest BCUT2D eigenvalue weighted by molar-refractivity contribution is 6.13. The van der Waals surface area contributed by atoms with E-state index < -0.39 is 23.7 Å². The maximum atomic E-state index is 12.1. The van der Waals surface area contributed by atoms with Crippen LogP contribution in [0.25, 0.3) is 0 Å². The molecule has 1 aliphatic carbocycles. The fourth-order valence-corrected chi connectivity index (χ4v) is 3.16. The molecule has 3 aliphatic rings. The van der Waals surface area contributed by atoms with Gasteiger partial charge >= 0.3 is 5.97 Å². The molecule has 0 atom stereocenters. The smallest absolute Gasteiger partial charge is 0.330 e. The first-order valence-corrected chi connectivity index (χ1v) is 7.60. The van der Waals surface area contributed by atoms with Gasteiger partial charge in [-0.3, -0.25) is 24.1 Å². The Hall–Kier alpha value is -2.51. The van der Waals surface area contributed by atoms with Crippen molar-refractivity contribution in [2.75, 3.05) is 0 Å². The molecule has 4 amide bonds. The maximum Gasteiger partial charge on any atom is 0.336 e. The lowest BCUT2D eigenvalue weighted by Crippen LogP contribution is -2.43. The van der Waals surface area contributed by atoms with Crippen LogP contribution in [-0.4, -0.2) is 45.6 Å². The Kier molecular flexibility index (Phi) is 3.97. The van der Waals surface area contributed by atoms with Gasteiger partial charge in [-0.25, -0.2) is 4.79 Å². The Morgan fingerprint density at radius 1 is 0.913 bits per heavy atom. The first-order chi connectivity index (χ1) is 11.0. The molecule has 0 radical (unpaired) electrons. The molecular weight excluding hydrogens is 304 g/mol. The third kappa shape index (κ3) is 2.88. The van der Waals surface area contributed by atoms with Gasteiger partial charge in [-0.2, -0.15) is 0 Å². The highest BCUT2D eigenvalue weighted by Crippen LogP contribution is 2.30. The predicted molar refractivity (Wildman–Crippen MR) is 73.9 cm³/mol. The third-order valence-corrected chi connectivity index (χ3v) is 4.43. The summed E-state index contributed by atoms with van der Waals surface area (Å²) >= 11 is 0. The second kappa shape index (κ2) is 5.94. The van der Waals surface area contributed by atoms with E-state index in [1.807, 2.05) is 0 Å². The average Bonchev–Trinajstić information content (AvgIpc) is 3.03. The summed E-state index contributed by atoms with van der Waals surface area (Å²) in [6.07, 6.45) is 4.49. The van der Waals surface area contributed by atoms with Crippen molar-refractivity contribution >= 4 is 29.6 Å². The van der Waals surface area contributed by atoms with Crippen molar-refractivity contribution in [3.05, 3.63) is 12.2 Å². The lowest BCUT2D eigenvalue weighted by atomic mass is 9.85. The van der Waals surface area contributed by atoms with Gasteiger partial charge in [0, 0.05) is 31.0 Å². The molecule has 0 bridgehead atoms. The number of hydroxylamine groups is 2. The number of rotatable bonds is 3. The molecule has 0 aromatic heterocycles. The molecule has 0 spiro atoms. The Morgan fingerprint density at radius 2 is 1.43 bits per heavy atom. The van der Waals surface area contributed by atoms with Crippen LogP contribution in [0.5, 0.6) is 0 Å². The number of carbonyl (C=O) groups is 5. The van der Waals surface area contributed by atoms with Gasteiger partial charge in [0.05, 0.1) is 5.92 Å². The monoisotopic (exact) mass is 320 g/mol. The van der Waals surface area contributed by atoms with Crippen molar-refractivity contribution in [3.8, 4) is 0 Å². The van der Waals surface area contributed by atoms with Gasteiger partial charge in [0.1, 0.15) is 0 Å². The molecule has 0 unspecified atom stereocenters. The SMILES string of the molecule is O=C1CCC(=O)N1OC(=O)[C@H]1CC[C@H](N2C(=O)C=CC2=O)CC1. The quantitative estimate of drug-likeness (QED) is 0.682. The number of amides is 4. The molecule has 0 aromatic rings. The van der Waals surface area contributed by atoms with Crippen LogP contribution < -0.4 is 0 Å². The van der Waals surface area contributed by atoms with E-state index in [0.717, 1.165) is 0 Å². The first-order valence-electron chi connectivity index (χ1n) is 7.60. The number of hydrogen-bond acceptors (Lipinski definition) is 6. The Bertz CT molecular complexity index is 583. The van der Waals surface area contributed by atoms with Gasteiger partial charge in [0.15, 0.2) is 0 Å². The van der Waals surface area contributed by atoms with Crippen LogP contribution in [0.3, 0.4) is 0 Å². The summed E-state index contributed by atoms with van der Waals surface area (Å²) in [5.74, 6) is -2.70. The molecular formula is C15H16N2O6. The van der Waals surface area contributed by atoms with E-state index in [0.29, 0.717) is 30.7 Å². The molecule has 2 heterocycles. The van der Waals surface area contributed by atoms with Gasteiger partial charge in [0.25, 0.3) is 23.6 Å². The van der Waals surface area contributed by atoms with Crippen molar-refractivity contribution in [2.45, 2.75) is 44.6 Å². The molecule has 1 saturated heterocycles. The van der Waals surface area contributed by atoms with Gasteiger partial charge in [-0.1, -0.05) is 0 Å². The van der Waals surface area contributed by atoms with Crippen molar-refractivity contribution in [1.82, 2.24) is 9.96 Å². The molecule has 0 aromatic carbocycles. The molecule has 1 saturated carbocycles. The van der Waals surface area contributed by atoms with Crippen LogP contribution in [0.2, 0.25) is 0 Å². The van der Waals surface area contributed by atoms with Gasteiger partial charge in [-0.15, -0.1) is 5.06 Å². The summed E-state index contributed by atoms with van der Waals surface area (Å²) in [5.41, 5.74) is 0. The largest absolute Gasteiger partial charge is 0.336 e. The van der Waals surface area contributed by atoms with Crippen molar-refractivity contribution in [1.29, 1.82) is 0 Å². The number of hydrogen-bond donors (Lipinski definition) is 0. The average molecular weight is 320 g/mol. The van der Waals surface area contributed by atoms with E-state index in [-0.39, 0.29) is 30.7 Å². The number of carbonyl (C=O) groups excluding carboxylic acids is 5. The Balaban J connectivity index is 1.53. The van der Waals surface area contributed by atoms with E-state index in [9.17, 15) is 24.0 Å². The van der Waals surface area contributed by atoms with Gasteiger partial charge in [-0.05, 0) is 25.7 Å². The Labute approximate surface area is 132 Å². The Morgan fingerprint density at radius 3 is 1.96 bits per heavy atom. The van der Waals surface area contributed by atoms with Crippen LogP contribution >= 0.6 is 0 Å². The zero-order valence-corrected chi connectivity index (χ0v) is 12.4. The van der Waals surface area contributed by atoms with E-state index in [2.05, 4.69) is 0 Å². The van der Waals surface area contributed by atoms with Crippen LogP contribution in [0.1, 0.15) is 38.5 Å². The minimum atomic E-state index is -0.607. The number of imide groups is 2. The minimum absolute atomic E-state index is 0.0606. The van der Waals surface area contributed by atoms with Crippen LogP contribution in [0, 0.1) is 5.92 Å². The third-order valence-electron chi connectivity index (χ3n) is 4.43. The maximum absolute atomic E-state index is 12.1. The molecule has 2 fully saturated rings. The summed E-state index contributed by atoms with van der Waals surface area (Å²) in [4.78, 5) is 64.4. The van der Waals surface area contributed by atoms with E-state index in [1.54, 1.807) is 0 Å². The standard InChI is InChI=1S/C15H16N2O6/c18-11-5-6-12(19)16(11)10-3-1-9(2-4-10)15(22)23-17-13(20)7-8-14(17)21/h5-6,9-10H,1-4,7-8H2/t9-,10-. The zero-order valence-electron chi connectivity index (χ0n) is 12.4. The molecule has 3 rings (SSSR count). The fourth-order valence-electron chi connectivity index (χ4n) is 3.16. The molecule has 122 valence electrons. The fraction of sp³-hybridized carbons (Fsp3) is 0.533. The summed E-state index contributed by atoms with van der Waals surface area (Å²) < 4.78 is 0. The second-order valence-electron chi connectivity index (χ2n) is 5.88. The molecule has 8 heteroatoms. The highest BCUT2D eigenvalue weighted by Gasteiger charge is 2.38. The van der Waals surface area contributed by atoms with E-state index in [4.69, 9.17) is 4.84 Å². The summed E-state index contributed by atoms with van der Waals surface area (Å²) in [5, 5.41) is 0.547. The van der Waals surface area contributed by atoms with Crippen LogP contribution in [-0.2, 0) is 28.8 Å². The zero-order chi connectivity index (χ0) is 16.6. The molecule has 23 heavy (non-hydrogen) atoms. The van der Waals surface area contributed by atoms with Gasteiger partial charge < -0.3 is 4.84 Å². The lowest BCUT2D eigenvalue weighted by Gasteiger charge is -2.32. The van der Waals surface area contributed by atoms with Gasteiger partial charge in [0.2, 0.25) is 0 Å². The first kappa shape index (κ1) is 15.4. The molecule has 0 N–H and O–H groups in total. The summed E-state index contributed by atoms with van der Waals surface area (Å²) in [6, 6.07) is -0.218. The highest BCUT2D eigenvalue weighted by atomic mass is 16.7. The second-order valence-corrected chi connectivity index (χ2v) is 5.88. The molecule has 2 aliphatic heterocycles. The van der Waals surface area contributed by atoms with E-state index in [1.165, 1.54) is 17.1 Å². The topological polar surface area (TPSA) is 101 Å². The van der Waals surface area contributed by atoms with Crippen molar-refractivity contribution in [3.63, 3.8) is 0 Å². The minimum Gasteiger partial charge on any atom is -0.330 e. The van der Waals surface area contributed by atoms with E-state index >= 15 is 0 Å². The normalized spacial score (nSPS) is 28.0.